The van der Waals surface area contributed by atoms with Crippen molar-refractivity contribution in [2.45, 2.75) is 49.8 Å². The third kappa shape index (κ3) is 3.83. The average Bonchev–Trinajstić information content (AvgIpc) is 2.99. The van der Waals surface area contributed by atoms with Crippen LogP contribution >= 0.6 is 12.4 Å². The predicted molar refractivity (Wildman–Crippen MR) is 77.1 cm³/mol. The molecule has 0 aromatic heterocycles. The number of amides is 1. The fraction of sp³-hybridized carbons (Fsp3) is 0.917. The van der Waals surface area contributed by atoms with Crippen LogP contribution in [0.5, 0.6) is 0 Å². The molecule has 5 nitrogen and oxygen atoms in total. The molecule has 0 spiro atoms. The lowest BCUT2D eigenvalue weighted by molar-refractivity contribution is -0.129. The van der Waals surface area contributed by atoms with Crippen LogP contribution in [0.25, 0.3) is 0 Å². The lowest BCUT2D eigenvalue weighted by Crippen LogP contribution is -2.43. The minimum atomic E-state index is -3.26. The minimum absolute atomic E-state index is 0. The highest BCUT2D eigenvalue weighted by molar-refractivity contribution is 7.92. The number of halogens is 1. The maximum absolute atomic E-state index is 12.1. The average molecular weight is 311 g/mol. The molecule has 1 amide bonds. The lowest BCUT2D eigenvalue weighted by atomic mass is 10.2. The summed E-state index contributed by atoms with van der Waals surface area (Å²) in [6.45, 7) is 1.08. The summed E-state index contributed by atoms with van der Waals surface area (Å²) in [5.41, 5.74) is 5.60. The van der Waals surface area contributed by atoms with Crippen LogP contribution in [-0.4, -0.2) is 49.4 Å². The van der Waals surface area contributed by atoms with Crippen LogP contribution in [0.3, 0.4) is 0 Å². The Kier molecular flexibility index (Phi) is 6.08. The van der Waals surface area contributed by atoms with Gasteiger partial charge in [0.25, 0.3) is 0 Å². The number of carbonyl (C=O) groups is 1. The van der Waals surface area contributed by atoms with Gasteiger partial charge in [0.2, 0.25) is 5.91 Å². The van der Waals surface area contributed by atoms with Gasteiger partial charge in [-0.3, -0.25) is 4.79 Å². The van der Waals surface area contributed by atoms with Gasteiger partial charge in [-0.2, -0.15) is 0 Å². The van der Waals surface area contributed by atoms with E-state index in [1.54, 1.807) is 4.90 Å². The first-order valence-electron chi connectivity index (χ1n) is 6.75. The molecule has 7 heteroatoms. The molecule has 2 rings (SSSR count). The second kappa shape index (κ2) is 6.90. The largest absolute Gasteiger partial charge is 0.338 e. The van der Waals surface area contributed by atoms with Crippen molar-refractivity contribution in [3.05, 3.63) is 0 Å². The number of nitrogens with zero attached hydrogens (tertiary/aromatic N) is 1. The van der Waals surface area contributed by atoms with E-state index in [1.807, 2.05) is 0 Å². The van der Waals surface area contributed by atoms with Crippen molar-refractivity contribution in [3.63, 3.8) is 0 Å². The smallest absolute Gasteiger partial charge is 0.238 e. The highest BCUT2D eigenvalue weighted by Crippen LogP contribution is 2.26. The lowest BCUT2D eigenvalue weighted by Gasteiger charge is -2.24. The number of nitrogens with two attached hydrogens (primary N) is 1. The first-order chi connectivity index (χ1) is 8.54. The van der Waals surface area contributed by atoms with Crippen LogP contribution in [0.1, 0.15) is 38.5 Å². The Morgan fingerprint density at radius 1 is 1.16 bits per heavy atom. The van der Waals surface area contributed by atoms with Crippen molar-refractivity contribution < 1.29 is 13.2 Å². The molecule has 19 heavy (non-hydrogen) atoms. The quantitative estimate of drug-likeness (QED) is 0.829. The van der Waals surface area contributed by atoms with Crippen molar-refractivity contribution in [2.24, 2.45) is 5.73 Å². The van der Waals surface area contributed by atoms with Crippen LogP contribution < -0.4 is 5.73 Å². The third-order valence-electron chi connectivity index (χ3n) is 4.10. The first kappa shape index (κ1) is 16.7. The second-order valence-corrected chi connectivity index (χ2v) is 7.61. The zero-order chi connectivity index (χ0) is 13.2. The summed E-state index contributed by atoms with van der Waals surface area (Å²) < 4.78 is 24.2. The van der Waals surface area contributed by atoms with Crippen molar-refractivity contribution in [2.75, 3.05) is 18.8 Å². The van der Waals surface area contributed by atoms with Crippen LogP contribution in [0.4, 0.5) is 0 Å². The van der Waals surface area contributed by atoms with Crippen molar-refractivity contribution in [3.8, 4) is 0 Å². The molecule has 1 atom stereocenters. The van der Waals surface area contributed by atoms with Gasteiger partial charge in [-0.1, -0.05) is 12.8 Å². The molecule has 0 aromatic carbocycles. The number of hydrogen-bond donors (Lipinski definition) is 1. The van der Waals surface area contributed by atoms with Crippen LogP contribution in [0, 0.1) is 0 Å². The molecule has 0 bridgehead atoms. The fourth-order valence-corrected chi connectivity index (χ4v) is 4.83. The van der Waals surface area contributed by atoms with E-state index < -0.39 is 9.84 Å². The van der Waals surface area contributed by atoms with Gasteiger partial charge in [-0.15, -0.1) is 12.4 Å². The molecule has 2 aliphatic rings. The molecule has 1 heterocycles. The molecular weight excluding hydrogens is 288 g/mol. The summed E-state index contributed by atoms with van der Waals surface area (Å²) in [5, 5.41) is -0.291. The van der Waals surface area contributed by atoms with E-state index >= 15 is 0 Å². The zero-order valence-electron chi connectivity index (χ0n) is 11.1. The fourth-order valence-electron chi connectivity index (χ4n) is 3.03. The van der Waals surface area contributed by atoms with E-state index in [9.17, 15) is 13.2 Å². The van der Waals surface area contributed by atoms with Gasteiger partial charge in [0.05, 0.1) is 5.25 Å². The number of carbonyl (C=O) groups excluding carboxylic acids is 1. The predicted octanol–water partition coefficient (Wildman–Crippen LogP) is 0.715. The van der Waals surface area contributed by atoms with E-state index in [0.29, 0.717) is 13.1 Å². The van der Waals surface area contributed by atoms with Gasteiger partial charge in [0.1, 0.15) is 5.75 Å². The summed E-state index contributed by atoms with van der Waals surface area (Å²) in [4.78, 5) is 13.7. The molecule has 1 saturated heterocycles. The third-order valence-corrected chi connectivity index (χ3v) is 6.24. The summed E-state index contributed by atoms with van der Waals surface area (Å²) in [7, 11) is -3.26. The van der Waals surface area contributed by atoms with Gasteiger partial charge in [-0.05, 0) is 25.7 Å². The monoisotopic (exact) mass is 310 g/mol. The second-order valence-electron chi connectivity index (χ2n) is 5.33. The van der Waals surface area contributed by atoms with Crippen LogP contribution in [0.2, 0.25) is 0 Å². The van der Waals surface area contributed by atoms with Crippen molar-refractivity contribution >= 4 is 28.2 Å². The van der Waals surface area contributed by atoms with Crippen molar-refractivity contribution in [1.29, 1.82) is 0 Å². The van der Waals surface area contributed by atoms with Gasteiger partial charge in [-0.25, -0.2) is 8.42 Å². The maximum Gasteiger partial charge on any atom is 0.238 e. The Balaban J connectivity index is 0.00000180. The summed E-state index contributed by atoms with van der Waals surface area (Å²) in [5.74, 6) is -0.580. The summed E-state index contributed by atoms with van der Waals surface area (Å²) >= 11 is 0. The van der Waals surface area contributed by atoms with E-state index in [4.69, 9.17) is 5.73 Å². The minimum Gasteiger partial charge on any atom is -0.338 e. The van der Waals surface area contributed by atoms with E-state index in [1.165, 1.54) is 0 Å². The van der Waals surface area contributed by atoms with E-state index in [0.717, 1.165) is 38.5 Å². The van der Waals surface area contributed by atoms with Crippen molar-refractivity contribution in [1.82, 2.24) is 4.90 Å². The molecule has 2 fully saturated rings. The standard InChI is InChI=1S/C12H22N2O3S.ClH/c13-8-10-4-3-7-14(10)12(15)9-18(16,17)11-5-1-2-6-11;/h10-11H,1-9,13H2;1H. The van der Waals surface area contributed by atoms with E-state index in [2.05, 4.69) is 0 Å². The molecule has 1 aliphatic carbocycles. The van der Waals surface area contributed by atoms with Crippen LogP contribution in [0.15, 0.2) is 0 Å². The topological polar surface area (TPSA) is 80.5 Å². The number of sulfone groups is 1. The normalized spacial score (nSPS) is 24.5. The zero-order valence-corrected chi connectivity index (χ0v) is 12.7. The summed E-state index contributed by atoms with van der Waals surface area (Å²) in [6.07, 6.45) is 5.19. The van der Waals surface area contributed by atoms with Gasteiger partial charge >= 0.3 is 0 Å². The van der Waals surface area contributed by atoms with Crippen LogP contribution in [-0.2, 0) is 14.6 Å². The number of hydrogen-bond acceptors (Lipinski definition) is 4. The molecule has 0 radical (unpaired) electrons. The summed E-state index contributed by atoms with van der Waals surface area (Å²) in [6, 6.07) is 0.0382. The molecular formula is C12H23ClN2O3S. The SMILES string of the molecule is Cl.NCC1CCCN1C(=O)CS(=O)(=O)C1CCCC1. The maximum atomic E-state index is 12.1. The number of rotatable bonds is 4. The number of likely N-dealkylation sites (tertiary alicyclic amines) is 1. The molecule has 1 saturated carbocycles. The van der Waals surface area contributed by atoms with Gasteiger partial charge < -0.3 is 10.6 Å². The molecule has 2 N–H and O–H groups in total. The molecule has 1 aliphatic heterocycles. The highest BCUT2D eigenvalue weighted by Gasteiger charge is 2.34. The first-order valence-corrected chi connectivity index (χ1v) is 8.47. The van der Waals surface area contributed by atoms with Gasteiger partial charge in [0, 0.05) is 19.1 Å². The Labute approximate surface area is 121 Å². The van der Waals surface area contributed by atoms with E-state index in [-0.39, 0.29) is 35.4 Å². The Hall–Kier alpha value is -0.330. The van der Waals surface area contributed by atoms with Gasteiger partial charge in [0.15, 0.2) is 9.84 Å². The Bertz CT molecular complexity index is 407. The molecule has 112 valence electrons. The molecule has 0 aromatic rings. The Morgan fingerprint density at radius 3 is 2.37 bits per heavy atom. The Morgan fingerprint density at radius 2 is 1.79 bits per heavy atom. The highest BCUT2D eigenvalue weighted by atomic mass is 35.5. The molecule has 1 unspecified atom stereocenters.